The molecule has 0 saturated heterocycles. The number of unbranched alkanes of at least 4 members (excludes halogenated alkanes) is 1. The van der Waals surface area contributed by atoms with Crippen LogP contribution in [0.1, 0.15) is 47.0 Å². The minimum Gasteiger partial charge on any atom is -0.488 e. The van der Waals surface area contributed by atoms with Crippen LogP contribution in [-0.2, 0) is 4.79 Å². The van der Waals surface area contributed by atoms with Gasteiger partial charge in [0.2, 0.25) is 5.91 Å². The molecule has 118 valence electrons. The maximum absolute atomic E-state index is 13.6. The lowest BCUT2D eigenvalue weighted by atomic mass is 9.87. The first kappa shape index (κ1) is 17.5. The molecule has 1 rings (SSSR count). The number of hydrogen-bond donors (Lipinski definition) is 1. The van der Waals surface area contributed by atoms with E-state index in [1.165, 1.54) is 6.07 Å². The van der Waals surface area contributed by atoms with E-state index in [2.05, 4.69) is 12.2 Å². The van der Waals surface area contributed by atoms with Crippen molar-refractivity contribution in [3.05, 3.63) is 30.1 Å². The highest BCUT2D eigenvalue weighted by Crippen LogP contribution is 2.22. The fourth-order valence-corrected chi connectivity index (χ4v) is 1.85. The lowest BCUT2D eigenvalue weighted by Crippen LogP contribution is -2.47. The van der Waals surface area contributed by atoms with E-state index in [1.54, 1.807) is 18.2 Å². The topological polar surface area (TPSA) is 38.3 Å². The quantitative estimate of drug-likeness (QED) is 0.828. The van der Waals surface area contributed by atoms with Gasteiger partial charge in [-0.05, 0) is 24.0 Å². The molecule has 0 aliphatic carbocycles. The second-order valence-electron chi connectivity index (χ2n) is 6.33. The third-order valence-electron chi connectivity index (χ3n) is 3.38. The van der Waals surface area contributed by atoms with Crippen LogP contribution in [0, 0.1) is 11.2 Å². The summed E-state index contributed by atoms with van der Waals surface area (Å²) in [4.78, 5) is 11.9. The molecular weight excluding hydrogens is 269 g/mol. The Morgan fingerprint density at radius 1 is 1.33 bits per heavy atom. The van der Waals surface area contributed by atoms with Gasteiger partial charge < -0.3 is 10.1 Å². The average Bonchev–Trinajstić information content (AvgIpc) is 2.41. The third-order valence-corrected chi connectivity index (χ3v) is 3.38. The van der Waals surface area contributed by atoms with Gasteiger partial charge in [0.15, 0.2) is 11.6 Å². The van der Waals surface area contributed by atoms with Crippen molar-refractivity contribution in [2.24, 2.45) is 5.41 Å². The second kappa shape index (κ2) is 8.01. The molecule has 1 N–H and O–H groups in total. The Labute approximate surface area is 126 Å². The first-order valence-corrected chi connectivity index (χ1v) is 7.51. The van der Waals surface area contributed by atoms with Gasteiger partial charge in [-0.25, -0.2) is 4.39 Å². The number of rotatable bonds is 7. The number of amides is 1. The van der Waals surface area contributed by atoms with Crippen LogP contribution in [0.4, 0.5) is 4.39 Å². The first-order valence-electron chi connectivity index (χ1n) is 7.51. The Hall–Kier alpha value is -1.58. The molecule has 0 saturated carbocycles. The summed E-state index contributed by atoms with van der Waals surface area (Å²) in [5.41, 5.74) is -0.160. The Kier molecular flexibility index (Phi) is 6.66. The van der Waals surface area contributed by atoms with Crippen LogP contribution in [0.2, 0.25) is 0 Å². The van der Waals surface area contributed by atoms with Crippen LogP contribution in [0.5, 0.6) is 5.75 Å². The smallest absolute Gasteiger partial charge is 0.220 e. The van der Waals surface area contributed by atoms with Gasteiger partial charge in [0.05, 0.1) is 6.04 Å². The number of carbonyl (C=O) groups is 1. The molecule has 21 heavy (non-hydrogen) atoms. The summed E-state index contributed by atoms with van der Waals surface area (Å²) < 4.78 is 19.1. The molecule has 4 heteroatoms. The Bertz CT molecular complexity index is 454. The van der Waals surface area contributed by atoms with Gasteiger partial charge in [-0.1, -0.05) is 46.2 Å². The van der Waals surface area contributed by atoms with E-state index in [-0.39, 0.29) is 35.5 Å². The maximum atomic E-state index is 13.6. The summed E-state index contributed by atoms with van der Waals surface area (Å²) in [7, 11) is 0. The van der Waals surface area contributed by atoms with E-state index in [0.717, 1.165) is 12.8 Å². The van der Waals surface area contributed by atoms with Crippen LogP contribution >= 0.6 is 0 Å². The van der Waals surface area contributed by atoms with Gasteiger partial charge in [0.25, 0.3) is 0 Å². The Morgan fingerprint density at radius 3 is 2.57 bits per heavy atom. The number of nitrogens with one attached hydrogen (secondary N) is 1. The molecular formula is C17H26FNO2. The van der Waals surface area contributed by atoms with Crippen molar-refractivity contribution in [1.29, 1.82) is 0 Å². The zero-order chi connectivity index (χ0) is 15.9. The standard InChI is InChI=1S/C17H26FNO2/c1-5-6-11-16(20)19-15(17(2,3)4)12-21-14-10-8-7-9-13(14)18/h7-10,15H,5-6,11-12H2,1-4H3,(H,19,20). The monoisotopic (exact) mass is 295 g/mol. The van der Waals surface area contributed by atoms with E-state index in [1.807, 2.05) is 20.8 Å². The van der Waals surface area contributed by atoms with Crippen LogP contribution in [0.25, 0.3) is 0 Å². The van der Waals surface area contributed by atoms with E-state index >= 15 is 0 Å². The van der Waals surface area contributed by atoms with Crippen molar-refractivity contribution < 1.29 is 13.9 Å². The molecule has 0 aromatic heterocycles. The molecule has 1 aromatic rings. The van der Waals surface area contributed by atoms with Crippen LogP contribution in [0.15, 0.2) is 24.3 Å². The zero-order valence-electron chi connectivity index (χ0n) is 13.4. The molecule has 0 aliphatic heterocycles. The number of benzene rings is 1. The van der Waals surface area contributed by atoms with Crippen LogP contribution in [-0.4, -0.2) is 18.6 Å². The second-order valence-corrected chi connectivity index (χ2v) is 6.33. The number of carbonyl (C=O) groups excluding carboxylic acids is 1. The largest absolute Gasteiger partial charge is 0.488 e. The maximum Gasteiger partial charge on any atom is 0.220 e. The van der Waals surface area contributed by atoms with Crippen molar-refractivity contribution in [3.63, 3.8) is 0 Å². The number of ether oxygens (including phenoxy) is 1. The van der Waals surface area contributed by atoms with Gasteiger partial charge in [-0.3, -0.25) is 4.79 Å². The predicted octanol–water partition coefficient (Wildman–Crippen LogP) is 3.93. The molecule has 0 spiro atoms. The van der Waals surface area contributed by atoms with Gasteiger partial charge in [-0.15, -0.1) is 0 Å². The first-order chi connectivity index (χ1) is 9.84. The molecule has 0 heterocycles. The Morgan fingerprint density at radius 2 is 2.00 bits per heavy atom. The third kappa shape index (κ3) is 6.15. The van der Waals surface area contributed by atoms with Crippen LogP contribution in [0.3, 0.4) is 0 Å². The number of hydrogen-bond acceptors (Lipinski definition) is 2. The molecule has 0 radical (unpaired) electrons. The summed E-state index contributed by atoms with van der Waals surface area (Å²) >= 11 is 0. The highest BCUT2D eigenvalue weighted by Gasteiger charge is 2.27. The van der Waals surface area contributed by atoms with Crippen molar-refractivity contribution >= 4 is 5.91 Å². The van der Waals surface area contributed by atoms with Gasteiger partial charge in [0, 0.05) is 6.42 Å². The number of para-hydroxylation sites is 1. The highest BCUT2D eigenvalue weighted by molar-refractivity contribution is 5.76. The van der Waals surface area contributed by atoms with Crippen LogP contribution < -0.4 is 10.1 Å². The fourth-order valence-electron chi connectivity index (χ4n) is 1.85. The van der Waals surface area contributed by atoms with Crippen molar-refractivity contribution in [3.8, 4) is 5.75 Å². The summed E-state index contributed by atoms with van der Waals surface area (Å²) in [5, 5.41) is 3.00. The fraction of sp³-hybridized carbons (Fsp3) is 0.588. The molecule has 0 fully saturated rings. The van der Waals surface area contributed by atoms with Gasteiger partial charge >= 0.3 is 0 Å². The molecule has 1 unspecified atom stereocenters. The minimum atomic E-state index is -0.387. The SMILES string of the molecule is CCCCC(=O)NC(COc1ccccc1F)C(C)(C)C. The highest BCUT2D eigenvalue weighted by atomic mass is 19.1. The van der Waals surface area contributed by atoms with Crippen molar-refractivity contribution in [2.45, 2.75) is 53.0 Å². The molecule has 1 amide bonds. The normalized spacial score (nSPS) is 12.8. The molecule has 1 aromatic carbocycles. The molecule has 1 atom stereocenters. The lowest BCUT2D eigenvalue weighted by Gasteiger charge is -2.31. The van der Waals surface area contributed by atoms with Crippen molar-refractivity contribution in [2.75, 3.05) is 6.61 Å². The van der Waals surface area contributed by atoms with E-state index in [0.29, 0.717) is 6.42 Å². The van der Waals surface area contributed by atoms with Gasteiger partial charge in [-0.2, -0.15) is 0 Å². The molecule has 0 bridgehead atoms. The molecule has 0 aliphatic rings. The lowest BCUT2D eigenvalue weighted by molar-refractivity contribution is -0.123. The van der Waals surface area contributed by atoms with E-state index < -0.39 is 0 Å². The summed E-state index contributed by atoms with van der Waals surface area (Å²) in [5.74, 6) is -0.147. The Balaban J connectivity index is 2.63. The summed E-state index contributed by atoms with van der Waals surface area (Å²) in [6.07, 6.45) is 2.37. The number of halogens is 1. The average molecular weight is 295 g/mol. The summed E-state index contributed by atoms with van der Waals surface area (Å²) in [6, 6.07) is 6.14. The van der Waals surface area contributed by atoms with Crippen molar-refractivity contribution in [1.82, 2.24) is 5.32 Å². The zero-order valence-corrected chi connectivity index (χ0v) is 13.4. The van der Waals surface area contributed by atoms with E-state index in [9.17, 15) is 9.18 Å². The molecule has 3 nitrogen and oxygen atoms in total. The van der Waals surface area contributed by atoms with Gasteiger partial charge in [0.1, 0.15) is 6.61 Å². The minimum absolute atomic E-state index is 0.0221. The summed E-state index contributed by atoms with van der Waals surface area (Å²) in [6.45, 7) is 8.39. The predicted molar refractivity (Wildman–Crippen MR) is 82.8 cm³/mol. The van der Waals surface area contributed by atoms with E-state index in [4.69, 9.17) is 4.74 Å².